The van der Waals surface area contributed by atoms with E-state index in [0.717, 1.165) is 26.7 Å². The number of ether oxygens (including phenoxy) is 3. The molecular formula is C28H22BrClO4. The van der Waals surface area contributed by atoms with Crippen LogP contribution < -0.4 is 9.47 Å². The molecule has 3 aromatic rings. The third kappa shape index (κ3) is 5.61. The molecule has 4 nitrogen and oxygen atoms in total. The SMILES string of the molecule is C=CCc1cc(/C=C2\C=C(c3ccc(Br)cc3)OC2=O)cc(OC)c1OCc1ccc(Cl)cc1. The van der Waals surface area contributed by atoms with Gasteiger partial charge in [-0.1, -0.05) is 57.9 Å². The Hall–Kier alpha value is -3.28. The second-order valence-corrected chi connectivity index (χ2v) is 8.98. The van der Waals surface area contributed by atoms with E-state index in [9.17, 15) is 4.79 Å². The van der Waals surface area contributed by atoms with Crippen LogP contribution in [-0.2, 0) is 22.6 Å². The number of benzene rings is 3. The number of rotatable bonds is 8. The Morgan fingerprint density at radius 3 is 2.50 bits per heavy atom. The lowest BCUT2D eigenvalue weighted by Crippen LogP contribution is -2.02. The van der Waals surface area contributed by atoms with Gasteiger partial charge in [-0.15, -0.1) is 6.58 Å². The van der Waals surface area contributed by atoms with E-state index >= 15 is 0 Å². The van der Waals surface area contributed by atoms with Crippen LogP contribution >= 0.6 is 27.5 Å². The van der Waals surface area contributed by atoms with Crippen molar-refractivity contribution in [2.45, 2.75) is 13.0 Å². The molecule has 0 unspecified atom stereocenters. The summed E-state index contributed by atoms with van der Waals surface area (Å²) in [6.45, 7) is 4.23. The maximum atomic E-state index is 12.5. The quantitative estimate of drug-likeness (QED) is 0.171. The van der Waals surface area contributed by atoms with Gasteiger partial charge in [0.1, 0.15) is 12.4 Å². The van der Waals surface area contributed by atoms with Crippen LogP contribution in [-0.4, -0.2) is 13.1 Å². The van der Waals surface area contributed by atoms with E-state index in [1.807, 2.05) is 60.7 Å². The summed E-state index contributed by atoms with van der Waals surface area (Å²) < 4.78 is 18.2. The zero-order chi connectivity index (χ0) is 24.1. The average Bonchev–Trinajstić information content (AvgIpc) is 3.19. The maximum absolute atomic E-state index is 12.5. The van der Waals surface area contributed by atoms with E-state index in [-0.39, 0.29) is 0 Å². The van der Waals surface area contributed by atoms with Gasteiger partial charge in [0.05, 0.1) is 12.7 Å². The van der Waals surface area contributed by atoms with Crippen molar-refractivity contribution in [1.29, 1.82) is 0 Å². The summed E-state index contributed by atoms with van der Waals surface area (Å²) in [5.74, 6) is 1.33. The molecule has 0 saturated heterocycles. The summed E-state index contributed by atoms with van der Waals surface area (Å²) in [7, 11) is 1.59. The summed E-state index contributed by atoms with van der Waals surface area (Å²) in [6, 6.07) is 18.9. The van der Waals surface area contributed by atoms with E-state index in [1.54, 1.807) is 25.3 Å². The van der Waals surface area contributed by atoms with Gasteiger partial charge in [-0.3, -0.25) is 0 Å². The number of methoxy groups -OCH3 is 1. The van der Waals surface area contributed by atoms with Crippen LogP contribution in [0.1, 0.15) is 22.3 Å². The van der Waals surface area contributed by atoms with E-state index < -0.39 is 5.97 Å². The molecule has 1 heterocycles. The van der Waals surface area contributed by atoms with E-state index in [1.165, 1.54) is 0 Å². The molecule has 1 aliphatic rings. The predicted octanol–water partition coefficient (Wildman–Crippen LogP) is 7.40. The Morgan fingerprint density at radius 2 is 1.82 bits per heavy atom. The summed E-state index contributed by atoms with van der Waals surface area (Å²) >= 11 is 9.39. The minimum atomic E-state index is -0.398. The van der Waals surface area contributed by atoms with E-state index in [4.69, 9.17) is 25.8 Å². The highest BCUT2D eigenvalue weighted by molar-refractivity contribution is 9.10. The Labute approximate surface area is 212 Å². The number of halogens is 2. The van der Waals surface area contributed by atoms with Gasteiger partial charge in [-0.2, -0.15) is 0 Å². The highest BCUT2D eigenvalue weighted by atomic mass is 79.9. The molecule has 1 aliphatic heterocycles. The molecule has 0 bridgehead atoms. The molecule has 0 aromatic heterocycles. The fourth-order valence-corrected chi connectivity index (χ4v) is 3.94. The second kappa shape index (κ2) is 10.8. The van der Waals surface area contributed by atoms with Crippen molar-refractivity contribution in [3.05, 3.63) is 117 Å². The fourth-order valence-electron chi connectivity index (χ4n) is 3.55. The Kier molecular flexibility index (Phi) is 7.56. The van der Waals surface area contributed by atoms with Crippen molar-refractivity contribution in [3.8, 4) is 11.5 Å². The molecule has 172 valence electrons. The largest absolute Gasteiger partial charge is 0.493 e. The number of cyclic esters (lactones) is 1. The smallest absolute Gasteiger partial charge is 0.343 e. The molecule has 0 saturated carbocycles. The van der Waals surface area contributed by atoms with Gasteiger partial charge in [0, 0.05) is 20.6 Å². The zero-order valence-corrected chi connectivity index (χ0v) is 20.9. The molecule has 0 spiro atoms. The fraction of sp³-hybridized carbons (Fsp3) is 0.107. The molecule has 0 radical (unpaired) electrons. The molecule has 0 N–H and O–H groups in total. The molecule has 4 rings (SSSR count). The lowest BCUT2D eigenvalue weighted by molar-refractivity contribution is -0.130. The Bertz CT molecular complexity index is 1280. The molecule has 3 aromatic carbocycles. The van der Waals surface area contributed by atoms with Gasteiger partial charge in [-0.25, -0.2) is 4.79 Å². The number of allylic oxidation sites excluding steroid dienone is 1. The number of carbonyl (C=O) groups excluding carboxylic acids is 1. The van der Waals surface area contributed by atoms with Crippen LogP contribution in [0.4, 0.5) is 0 Å². The van der Waals surface area contributed by atoms with Crippen LogP contribution in [0, 0.1) is 0 Å². The van der Waals surface area contributed by atoms with Gasteiger partial charge in [0.25, 0.3) is 0 Å². The van der Waals surface area contributed by atoms with Gasteiger partial charge in [0.15, 0.2) is 11.5 Å². The zero-order valence-electron chi connectivity index (χ0n) is 18.5. The lowest BCUT2D eigenvalue weighted by Gasteiger charge is -2.16. The topological polar surface area (TPSA) is 44.8 Å². The van der Waals surface area contributed by atoms with Crippen LogP contribution in [0.2, 0.25) is 5.02 Å². The highest BCUT2D eigenvalue weighted by Gasteiger charge is 2.22. The van der Waals surface area contributed by atoms with Crippen LogP contribution in [0.15, 0.2) is 89.4 Å². The van der Waals surface area contributed by atoms with Gasteiger partial charge >= 0.3 is 5.97 Å². The third-order valence-corrected chi connectivity index (χ3v) is 5.99. The van der Waals surface area contributed by atoms with Crippen LogP contribution in [0.5, 0.6) is 11.5 Å². The molecule has 0 aliphatic carbocycles. The Balaban J connectivity index is 1.64. The van der Waals surface area contributed by atoms with Crippen molar-refractivity contribution in [2.75, 3.05) is 7.11 Å². The maximum Gasteiger partial charge on any atom is 0.343 e. The van der Waals surface area contributed by atoms with Crippen LogP contribution in [0.3, 0.4) is 0 Å². The highest BCUT2D eigenvalue weighted by Crippen LogP contribution is 2.36. The summed E-state index contributed by atoms with van der Waals surface area (Å²) in [5, 5.41) is 0.675. The first-order chi connectivity index (χ1) is 16.5. The minimum absolute atomic E-state index is 0.365. The third-order valence-electron chi connectivity index (χ3n) is 5.21. The first kappa shape index (κ1) is 23.9. The normalized spacial score (nSPS) is 14.0. The molecule has 6 heteroatoms. The van der Waals surface area contributed by atoms with E-state index in [0.29, 0.717) is 40.9 Å². The van der Waals surface area contributed by atoms with E-state index in [2.05, 4.69) is 22.5 Å². The lowest BCUT2D eigenvalue weighted by atomic mass is 10.0. The van der Waals surface area contributed by atoms with Crippen molar-refractivity contribution in [3.63, 3.8) is 0 Å². The van der Waals surface area contributed by atoms with Crippen molar-refractivity contribution >= 4 is 45.3 Å². The number of hydrogen-bond donors (Lipinski definition) is 0. The molecular weight excluding hydrogens is 516 g/mol. The molecule has 0 amide bonds. The second-order valence-electron chi connectivity index (χ2n) is 7.62. The summed E-state index contributed by atoms with van der Waals surface area (Å²) in [5.41, 5.74) is 3.98. The standard InChI is InChI=1S/C28H22BrClO4/c1-3-4-21-13-19(14-22-16-25(34-28(22)31)20-7-9-23(29)10-8-20)15-26(32-2)27(21)33-17-18-5-11-24(30)12-6-18/h3,5-16H,1,4,17H2,2H3/b22-14+. The van der Waals surface area contributed by atoms with Gasteiger partial charge in [0.2, 0.25) is 0 Å². The Morgan fingerprint density at radius 1 is 1.09 bits per heavy atom. The predicted molar refractivity (Wildman–Crippen MR) is 139 cm³/mol. The van der Waals surface area contributed by atoms with Crippen molar-refractivity contribution < 1.29 is 19.0 Å². The minimum Gasteiger partial charge on any atom is -0.493 e. The number of carbonyl (C=O) groups is 1. The van der Waals surface area contributed by atoms with Crippen molar-refractivity contribution in [2.24, 2.45) is 0 Å². The van der Waals surface area contributed by atoms with Crippen LogP contribution in [0.25, 0.3) is 11.8 Å². The first-order valence-corrected chi connectivity index (χ1v) is 11.7. The first-order valence-electron chi connectivity index (χ1n) is 10.6. The molecule has 34 heavy (non-hydrogen) atoms. The van der Waals surface area contributed by atoms with Gasteiger partial charge < -0.3 is 14.2 Å². The molecule has 0 atom stereocenters. The number of esters is 1. The number of hydrogen-bond acceptors (Lipinski definition) is 4. The average molecular weight is 538 g/mol. The summed E-state index contributed by atoms with van der Waals surface area (Å²) in [4.78, 5) is 12.5. The van der Waals surface area contributed by atoms with Gasteiger partial charge in [-0.05, 0) is 66.1 Å². The van der Waals surface area contributed by atoms with Crippen molar-refractivity contribution in [1.82, 2.24) is 0 Å². The summed E-state index contributed by atoms with van der Waals surface area (Å²) in [6.07, 6.45) is 5.91. The monoisotopic (exact) mass is 536 g/mol. The molecule has 0 fully saturated rings.